The van der Waals surface area contributed by atoms with E-state index in [1.807, 2.05) is 19.1 Å². The lowest BCUT2D eigenvalue weighted by Gasteiger charge is -2.20. The second kappa shape index (κ2) is 6.52. The van der Waals surface area contributed by atoms with Crippen molar-refractivity contribution in [1.82, 2.24) is 9.62 Å². The highest BCUT2D eigenvalue weighted by Gasteiger charge is 2.37. The first kappa shape index (κ1) is 15.2. The first-order valence-corrected chi connectivity index (χ1v) is 8.46. The van der Waals surface area contributed by atoms with Crippen LogP contribution in [-0.4, -0.2) is 31.9 Å². The van der Waals surface area contributed by atoms with Gasteiger partial charge in [-0.05, 0) is 37.1 Å². The Hall–Kier alpha value is -1.17. The Bertz CT molecular complexity index is 548. The van der Waals surface area contributed by atoms with Gasteiger partial charge in [-0.1, -0.05) is 25.1 Å². The predicted octanol–water partition coefficient (Wildman–Crippen LogP) is 2.14. The van der Waals surface area contributed by atoms with Crippen LogP contribution in [0.1, 0.15) is 25.3 Å². The molecule has 0 bridgehead atoms. The van der Waals surface area contributed by atoms with Gasteiger partial charge in [-0.2, -0.15) is 4.31 Å². The standard InChI is InChI=1S/C15H22N2O2S/c1-3-11-17(14-7-8-14)20(18,19)15-9-5-13(6-10-15)12-16-4-2/h3,5-6,9-10,14,16H,1,4,7-8,11-12H2,2H3. The molecule has 1 aliphatic rings. The van der Waals surface area contributed by atoms with Gasteiger partial charge in [-0.3, -0.25) is 0 Å². The van der Waals surface area contributed by atoms with E-state index in [0.717, 1.165) is 31.5 Å². The van der Waals surface area contributed by atoms with Gasteiger partial charge in [0.1, 0.15) is 0 Å². The van der Waals surface area contributed by atoms with Gasteiger partial charge in [0.15, 0.2) is 0 Å². The molecule has 0 saturated heterocycles. The third kappa shape index (κ3) is 3.48. The van der Waals surface area contributed by atoms with Gasteiger partial charge in [-0.15, -0.1) is 6.58 Å². The monoisotopic (exact) mass is 294 g/mol. The Morgan fingerprint density at radius 3 is 2.50 bits per heavy atom. The second-order valence-corrected chi connectivity index (χ2v) is 6.91. The summed E-state index contributed by atoms with van der Waals surface area (Å²) in [6.07, 6.45) is 3.55. The lowest BCUT2D eigenvalue weighted by atomic mass is 10.2. The predicted molar refractivity (Wildman–Crippen MR) is 80.9 cm³/mol. The first-order valence-electron chi connectivity index (χ1n) is 7.02. The highest BCUT2D eigenvalue weighted by atomic mass is 32.2. The van der Waals surface area contributed by atoms with Gasteiger partial charge in [0, 0.05) is 19.1 Å². The summed E-state index contributed by atoms with van der Waals surface area (Å²) in [6.45, 7) is 7.73. The van der Waals surface area contributed by atoms with E-state index in [9.17, 15) is 8.42 Å². The zero-order valence-electron chi connectivity index (χ0n) is 11.9. The number of hydrogen-bond donors (Lipinski definition) is 1. The van der Waals surface area contributed by atoms with Gasteiger partial charge in [-0.25, -0.2) is 8.42 Å². The van der Waals surface area contributed by atoms with Crippen LogP contribution in [0.2, 0.25) is 0 Å². The fourth-order valence-electron chi connectivity index (χ4n) is 2.12. The van der Waals surface area contributed by atoms with Crippen molar-refractivity contribution in [1.29, 1.82) is 0 Å². The van der Waals surface area contributed by atoms with Crippen LogP contribution in [0.15, 0.2) is 41.8 Å². The maximum Gasteiger partial charge on any atom is 0.243 e. The fourth-order valence-corrected chi connectivity index (χ4v) is 3.77. The molecule has 0 amide bonds. The van der Waals surface area contributed by atoms with Gasteiger partial charge < -0.3 is 5.32 Å². The largest absolute Gasteiger partial charge is 0.313 e. The first-order chi connectivity index (χ1) is 9.59. The molecule has 1 fully saturated rings. The van der Waals surface area contributed by atoms with Crippen LogP contribution in [0, 0.1) is 0 Å². The number of hydrogen-bond acceptors (Lipinski definition) is 3. The molecule has 0 heterocycles. The third-order valence-corrected chi connectivity index (χ3v) is 5.30. The van der Waals surface area contributed by atoms with Crippen LogP contribution >= 0.6 is 0 Å². The average molecular weight is 294 g/mol. The van der Waals surface area contributed by atoms with Crippen LogP contribution in [0.4, 0.5) is 0 Å². The van der Waals surface area contributed by atoms with Crippen molar-refractivity contribution >= 4 is 10.0 Å². The number of benzene rings is 1. The maximum absolute atomic E-state index is 12.6. The van der Waals surface area contributed by atoms with Crippen LogP contribution < -0.4 is 5.32 Å². The van der Waals surface area contributed by atoms with Gasteiger partial charge >= 0.3 is 0 Å². The lowest BCUT2D eigenvalue weighted by Crippen LogP contribution is -2.33. The molecule has 0 aliphatic heterocycles. The van der Waals surface area contributed by atoms with Crippen molar-refractivity contribution in [3.63, 3.8) is 0 Å². The Morgan fingerprint density at radius 2 is 2.00 bits per heavy atom. The summed E-state index contributed by atoms with van der Waals surface area (Å²) in [4.78, 5) is 0.367. The summed E-state index contributed by atoms with van der Waals surface area (Å²) in [5.41, 5.74) is 1.09. The number of nitrogens with one attached hydrogen (secondary N) is 1. The molecule has 110 valence electrons. The molecule has 0 unspecified atom stereocenters. The molecule has 1 N–H and O–H groups in total. The molecule has 0 radical (unpaired) electrons. The molecule has 1 aromatic carbocycles. The van der Waals surface area contributed by atoms with Gasteiger partial charge in [0.2, 0.25) is 10.0 Å². The van der Waals surface area contributed by atoms with Crippen LogP contribution in [0.3, 0.4) is 0 Å². The van der Waals surface area contributed by atoms with Crippen molar-refractivity contribution in [2.24, 2.45) is 0 Å². The van der Waals surface area contributed by atoms with Crippen molar-refractivity contribution in [2.75, 3.05) is 13.1 Å². The Balaban J connectivity index is 2.17. The van der Waals surface area contributed by atoms with Crippen LogP contribution in [-0.2, 0) is 16.6 Å². The summed E-state index contributed by atoms with van der Waals surface area (Å²) < 4.78 is 26.7. The molecule has 0 aromatic heterocycles. The smallest absolute Gasteiger partial charge is 0.243 e. The summed E-state index contributed by atoms with van der Waals surface area (Å²) >= 11 is 0. The molecule has 4 nitrogen and oxygen atoms in total. The Morgan fingerprint density at radius 1 is 1.35 bits per heavy atom. The maximum atomic E-state index is 12.6. The summed E-state index contributed by atoms with van der Waals surface area (Å²) in [5.74, 6) is 0. The summed E-state index contributed by atoms with van der Waals surface area (Å²) in [7, 11) is -3.40. The second-order valence-electron chi connectivity index (χ2n) is 5.02. The molecular weight excluding hydrogens is 272 g/mol. The summed E-state index contributed by atoms with van der Waals surface area (Å²) in [6, 6.07) is 7.28. The van der Waals surface area contributed by atoms with Crippen molar-refractivity contribution in [2.45, 2.75) is 37.2 Å². The average Bonchev–Trinajstić information content (AvgIpc) is 3.27. The molecule has 20 heavy (non-hydrogen) atoms. The SMILES string of the molecule is C=CCN(C1CC1)S(=O)(=O)c1ccc(CNCC)cc1. The fraction of sp³-hybridized carbons (Fsp3) is 0.467. The minimum atomic E-state index is -3.40. The van der Waals surface area contributed by atoms with E-state index >= 15 is 0 Å². The van der Waals surface area contributed by atoms with Crippen LogP contribution in [0.25, 0.3) is 0 Å². The van der Waals surface area contributed by atoms with E-state index in [1.165, 1.54) is 0 Å². The van der Waals surface area contributed by atoms with E-state index < -0.39 is 10.0 Å². The Kier molecular flexibility index (Phi) is 4.96. The van der Waals surface area contributed by atoms with Gasteiger partial charge in [0.25, 0.3) is 0 Å². The van der Waals surface area contributed by atoms with E-state index in [4.69, 9.17) is 0 Å². The minimum Gasteiger partial charge on any atom is -0.313 e. The highest BCUT2D eigenvalue weighted by Crippen LogP contribution is 2.31. The molecule has 2 rings (SSSR count). The highest BCUT2D eigenvalue weighted by molar-refractivity contribution is 7.89. The van der Waals surface area contributed by atoms with Crippen molar-refractivity contribution in [3.05, 3.63) is 42.5 Å². The third-order valence-electron chi connectivity index (χ3n) is 3.37. The molecule has 0 atom stereocenters. The molecular formula is C15H22N2O2S. The molecule has 5 heteroatoms. The number of nitrogens with zero attached hydrogens (tertiary/aromatic N) is 1. The molecule has 1 aromatic rings. The van der Waals surface area contributed by atoms with Crippen molar-refractivity contribution in [3.8, 4) is 0 Å². The van der Waals surface area contributed by atoms with Crippen molar-refractivity contribution < 1.29 is 8.42 Å². The lowest BCUT2D eigenvalue weighted by molar-refractivity contribution is 0.436. The number of sulfonamides is 1. The topological polar surface area (TPSA) is 49.4 Å². The number of rotatable bonds is 8. The van der Waals surface area contributed by atoms with Gasteiger partial charge in [0.05, 0.1) is 4.90 Å². The minimum absolute atomic E-state index is 0.152. The van der Waals surface area contributed by atoms with E-state index in [2.05, 4.69) is 11.9 Å². The zero-order chi connectivity index (χ0) is 14.6. The van der Waals surface area contributed by atoms with E-state index in [-0.39, 0.29) is 6.04 Å². The quantitative estimate of drug-likeness (QED) is 0.747. The molecule has 1 aliphatic carbocycles. The zero-order valence-corrected chi connectivity index (χ0v) is 12.7. The Labute approximate surface area is 121 Å². The van der Waals surface area contributed by atoms with E-state index in [1.54, 1.807) is 22.5 Å². The summed E-state index contributed by atoms with van der Waals surface area (Å²) in [5, 5.41) is 3.22. The van der Waals surface area contributed by atoms with E-state index in [0.29, 0.717) is 11.4 Å². The molecule has 1 saturated carbocycles. The molecule has 0 spiro atoms. The normalized spacial score (nSPS) is 15.5. The van der Waals surface area contributed by atoms with Crippen LogP contribution in [0.5, 0.6) is 0 Å².